The minimum atomic E-state index is 0.0229. The third-order valence-electron chi connectivity index (χ3n) is 2.03. The van der Waals surface area contributed by atoms with Crippen LogP contribution in [0.5, 0.6) is 0 Å². The number of hydrogen-bond donors (Lipinski definition) is 0. The second kappa shape index (κ2) is 5.57. The van der Waals surface area contributed by atoms with Crippen LogP contribution in [0.2, 0.25) is 0 Å². The van der Waals surface area contributed by atoms with E-state index >= 15 is 0 Å². The van der Waals surface area contributed by atoms with Crippen LogP contribution >= 0.6 is 0 Å². The molecule has 1 aromatic rings. The molecule has 0 aliphatic rings. The van der Waals surface area contributed by atoms with Crippen molar-refractivity contribution in [2.45, 2.75) is 19.3 Å². The fraction of sp³-hybridized carbons (Fsp3) is 0.250. The van der Waals surface area contributed by atoms with E-state index in [4.69, 9.17) is 10.5 Å². The molecule has 0 saturated heterocycles. The summed E-state index contributed by atoms with van der Waals surface area (Å²) in [5, 5.41) is 16.9. The van der Waals surface area contributed by atoms with Gasteiger partial charge in [0.1, 0.15) is 0 Å². The molecule has 0 fully saturated rings. The van der Waals surface area contributed by atoms with Crippen molar-refractivity contribution in [1.29, 1.82) is 10.5 Å². The highest BCUT2D eigenvalue weighted by Crippen LogP contribution is 2.08. The Kier molecular flexibility index (Phi) is 4.06. The van der Waals surface area contributed by atoms with Crippen LogP contribution < -0.4 is 0 Å². The first-order valence-electron chi connectivity index (χ1n) is 4.68. The Bertz CT molecular complexity index is 420. The minimum absolute atomic E-state index is 0.0229. The van der Waals surface area contributed by atoms with Crippen LogP contribution in [0.3, 0.4) is 0 Å². The van der Waals surface area contributed by atoms with Crippen molar-refractivity contribution in [2.24, 2.45) is 0 Å². The lowest BCUT2D eigenvalue weighted by Crippen LogP contribution is -1.98. The van der Waals surface area contributed by atoms with Crippen molar-refractivity contribution < 1.29 is 4.79 Å². The largest absolute Gasteiger partial charge is 0.294 e. The van der Waals surface area contributed by atoms with Gasteiger partial charge in [0.25, 0.3) is 0 Å². The van der Waals surface area contributed by atoms with Crippen LogP contribution in [0, 0.1) is 22.7 Å². The number of carbonyl (C=O) groups is 1. The molecule has 0 bridgehead atoms. The van der Waals surface area contributed by atoms with Crippen LogP contribution in [-0.2, 0) is 0 Å². The molecule has 0 heterocycles. The number of benzene rings is 1. The molecular formula is C12H10N2O. The summed E-state index contributed by atoms with van der Waals surface area (Å²) in [5.74, 6) is 0.0229. The molecule has 15 heavy (non-hydrogen) atoms. The van der Waals surface area contributed by atoms with Crippen molar-refractivity contribution in [1.82, 2.24) is 0 Å². The molecule has 1 rings (SSSR count). The second-order valence-electron chi connectivity index (χ2n) is 3.12. The average molecular weight is 198 g/mol. The Morgan fingerprint density at radius 2 is 1.87 bits per heavy atom. The molecule has 0 spiro atoms. The van der Waals surface area contributed by atoms with Crippen molar-refractivity contribution in [3.05, 3.63) is 35.4 Å². The van der Waals surface area contributed by atoms with Crippen molar-refractivity contribution in [3.8, 4) is 12.1 Å². The topological polar surface area (TPSA) is 64.7 Å². The van der Waals surface area contributed by atoms with Crippen LogP contribution in [0.1, 0.15) is 35.2 Å². The molecular weight excluding hydrogens is 188 g/mol. The SMILES string of the molecule is N#CCCCC(=O)c1ccc(C#N)cc1. The Hall–Kier alpha value is -2.13. The van der Waals surface area contributed by atoms with Crippen LogP contribution in [0.4, 0.5) is 0 Å². The van der Waals surface area contributed by atoms with Gasteiger partial charge in [-0.2, -0.15) is 10.5 Å². The molecule has 0 unspecified atom stereocenters. The van der Waals surface area contributed by atoms with E-state index in [-0.39, 0.29) is 5.78 Å². The highest BCUT2D eigenvalue weighted by Gasteiger charge is 2.04. The van der Waals surface area contributed by atoms with Crippen LogP contribution in [-0.4, -0.2) is 5.78 Å². The van der Waals surface area contributed by atoms with Gasteiger partial charge in [-0.05, 0) is 18.6 Å². The molecule has 0 amide bonds. The normalized spacial score (nSPS) is 8.93. The highest BCUT2D eigenvalue weighted by molar-refractivity contribution is 5.96. The molecule has 0 aliphatic heterocycles. The maximum Gasteiger partial charge on any atom is 0.162 e. The predicted octanol–water partition coefficient (Wildman–Crippen LogP) is 2.43. The summed E-state index contributed by atoms with van der Waals surface area (Å²) in [5.41, 5.74) is 1.15. The summed E-state index contributed by atoms with van der Waals surface area (Å²) < 4.78 is 0. The number of unbranched alkanes of at least 4 members (excludes halogenated alkanes) is 1. The molecule has 74 valence electrons. The zero-order valence-electron chi connectivity index (χ0n) is 8.23. The fourth-order valence-corrected chi connectivity index (χ4v) is 1.20. The smallest absolute Gasteiger partial charge is 0.162 e. The summed E-state index contributed by atoms with van der Waals surface area (Å²) in [6.07, 6.45) is 1.39. The summed E-state index contributed by atoms with van der Waals surface area (Å²) in [7, 11) is 0. The third-order valence-corrected chi connectivity index (χ3v) is 2.03. The lowest BCUT2D eigenvalue weighted by molar-refractivity contribution is 0.0980. The third kappa shape index (κ3) is 3.25. The van der Waals surface area contributed by atoms with Crippen LogP contribution in [0.25, 0.3) is 0 Å². The van der Waals surface area contributed by atoms with E-state index in [1.54, 1.807) is 24.3 Å². The van der Waals surface area contributed by atoms with E-state index in [1.165, 1.54) is 0 Å². The Labute approximate surface area is 88.6 Å². The lowest BCUT2D eigenvalue weighted by Gasteiger charge is -1.98. The van der Waals surface area contributed by atoms with Crippen molar-refractivity contribution in [3.63, 3.8) is 0 Å². The number of carbonyl (C=O) groups excluding carboxylic acids is 1. The minimum Gasteiger partial charge on any atom is -0.294 e. The van der Waals surface area contributed by atoms with Gasteiger partial charge in [0.05, 0.1) is 17.7 Å². The molecule has 0 aromatic heterocycles. The first-order chi connectivity index (χ1) is 7.27. The van der Waals surface area contributed by atoms with E-state index in [1.807, 2.05) is 12.1 Å². The van der Waals surface area contributed by atoms with Gasteiger partial charge < -0.3 is 0 Å². The maximum absolute atomic E-state index is 11.5. The van der Waals surface area contributed by atoms with Crippen molar-refractivity contribution in [2.75, 3.05) is 0 Å². The van der Waals surface area contributed by atoms with Gasteiger partial charge >= 0.3 is 0 Å². The van der Waals surface area contributed by atoms with E-state index in [0.29, 0.717) is 30.4 Å². The average Bonchev–Trinajstić information content (AvgIpc) is 2.29. The fourth-order valence-electron chi connectivity index (χ4n) is 1.20. The monoisotopic (exact) mass is 198 g/mol. The second-order valence-corrected chi connectivity index (χ2v) is 3.12. The van der Waals surface area contributed by atoms with Crippen molar-refractivity contribution >= 4 is 5.78 Å². The molecule has 1 aromatic carbocycles. The van der Waals surface area contributed by atoms with Gasteiger partial charge in [0.15, 0.2) is 5.78 Å². The summed E-state index contributed by atoms with van der Waals surface area (Å²) in [6, 6.07) is 10.5. The summed E-state index contributed by atoms with van der Waals surface area (Å²) >= 11 is 0. The Balaban J connectivity index is 2.60. The lowest BCUT2D eigenvalue weighted by atomic mass is 10.0. The number of nitrogens with zero attached hydrogens (tertiary/aromatic N) is 2. The van der Waals surface area contributed by atoms with E-state index in [9.17, 15) is 4.79 Å². The van der Waals surface area contributed by atoms with Gasteiger partial charge in [-0.3, -0.25) is 4.79 Å². The molecule has 0 N–H and O–H groups in total. The zero-order chi connectivity index (χ0) is 11.1. The zero-order valence-corrected chi connectivity index (χ0v) is 8.23. The quantitative estimate of drug-likeness (QED) is 0.551. The number of nitriles is 2. The molecule has 0 aliphatic carbocycles. The highest BCUT2D eigenvalue weighted by atomic mass is 16.1. The Morgan fingerprint density at radius 3 is 2.40 bits per heavy atom. The van der Waals surface area contributed by atoms with E-state index in [2.05, 4.69) is 0 Å². The molecule has 0 saturated carbocycles. The predicted molar refractivity (Wildman–Crippen MR) is 55.0 cm³/mol. The first-order valence-corrected chi connectivity index (χ1v) is 4.68. The molecule has 3 nitrogen and oxygen atoms in total. The number of Topliss-reactive ketones (excluding diaryl/α,β-unsaturated/α-hetero) is 1. The summed E-state index contributed by atoms with van der Waals surface area (Å²) in [6.45, 7) is 0. The number of hydrogen-bond acceptors (Lipinski definition) is 3. The van der Waals surface area contributed by atoms with E-state index in [0.717, 1.165) is 0 Å². The van der Waals surface area contributed by atoms with Crippen LogP contribution in [0.15, 0.2) is 24.3 Å². The van der Waals surface area contributed by atoms with Gasteiger partial charge in [0.2, 0.25) is 0 Å². The molecule has 0 radical (unpaired) electrons. The number of rotatable bonds is 4. The van der Waals surface area contributed by atoms with Gasteiger partial charge in [-0.15, -0.1) is 0 Å². The molecule has 0 atom stereocenters. The van der Waals surface area contributed by atoms with Gasteiger partial charge in [-0.1, -0.05) is 12.1 Å². The number of ketones is 1. The maximum atomic E-state index is 11.5. The summed E-state index contributed by atoms with van der Waals surface area (Å²) in [4.78, 5) is 11.5. The Morgan fingerprint density at radius 1 is 1.20 bits per heavy atom. The molecule has 3 heteroatoms. The van der Waals surface area contributed by atoms with Gasteiger partial charge in [-0.25, -0.2) is 0 Å². The first kappa shape index (κ1) is 10.9. The standard InChI is InChI=1S/C12H10N2O/c13-8-2-1-3-12(15)11-6-4-10(9-14)5-7-11/h4-7H,1-3H2. The van der Waals surface area contributed by atoms with Gasteiger partial charge in [0, 0.05) is 18.4 Å². The van der Waals surface area contributed by atoms with E-state index < -0.39 is 0 Å².